The Labute approximate surface area is 102 Å². The van der Waals surface area contributed by atoms with Crippen molar-refractivity contribution in [2.45, 2.75) is 18.9 Å². The van der Waals surface area contributed by atoms with Crippen LogP contribution in [0.25, 0.3) is 0 Å². The molecule has 0 aliphatic rings. The molecule has 0 spiro atoms. The van der Waals surface area contributed by atoms with Gasteiger partial charge in [0, 0.05) is 6.20 Å². The van der Waals surface area contributed by atoms with Crippen molar-refractivity contribution in [2.24, 2.45) is 11.7 Å². The van der Waals surface area contributed by atoms with Gasteiger partial charge in [-0.3, -0.25) is 9.59 Å². The highest BCUT2D eigenvalue weighted by atomic mass is 18.2. The maximum absolute atomic E-state index is 12.8. The number of aromatic nitrogens is 1. The van der Waals surface area contributed by atoms with Crippen molar-refractivity contribution in [1.82, 2.24) is 4.98 Å². The molecule has 4 N–H and O–H groups in total. The first-order valence-electron chi connectivity index (χ1n) is 5.21. The molecule has 1 aromatic heterocycles. The van der Waals surface area contributed by atoms with Crippen LogP contribution in [0.3, 0.4) is 0 Å². The van der Waals surface area contributed by atoms with E-state index in [0.29, 0.717) is 5.56 Å². The zero-order valence-electron chi connectivity index (χ0n) is 9.41. The predicted octanol–water partition coefficient (Wildman–Crippen LogP) is 0.266. The molecule has 2 unspecified atom stereocenters. The summed E-state index contributed by atoms with van der Waals surface area (Å²) in [6.45, 7) is 0. The Hall–Kier alpha value is -2.02. The van der Waals surface area contributed by atoms with E-state index in [9.17, 15) is 14.0 Å². The third-order valence-corrected chi connectivity index (χ3v) is 2.48. The second-order valence-electron chi connectivity index (χ2n) is 3.91. The lowest BCUT2D eigenvalue weighted by Gasteiger charge is -2.14. The number of nitrogens with zero attached hydrogens (tertiary/aromatic N) is 1. The number of carbonyl (C=O) groups is 2. The van der Waals surface area contributed by atoms with Crippen molar-refractivity contribution < 1.29 is 24.2 Å². The van der Waals surface area contributed by atoms with Gasteiger partial charge in [-0.25, -0.2) is 4.98 Å². The maximum atomic E-state index is 12.8. The summed E-state index contributed by atoms with van der Waals surface area (Å²) in [4.78, 5) is 24.9. The van der Waals surface area contributed by atoms with E-state index in [1.54, 1.807) is 0 Å². The Bertz CT molecular complexity index is 452. The summed E-state index contributed by atoms with van der Waals surface area (Å²) in [7, 11) is 0. The molecular formula is C11H13FN2O4. The van der Waals surface area contributed by atoms with Crippen LogP contribution in [0.1, 0.15) is 12.0 Å². The molecule has 1 heterocycles. The van der Waals surface area contributed by atoms with E-state index in [-0.39, 0.29) is 12.8 Å². The van der Waals surface area contributed by atoms with Crippen molar-refractivity contribution in [3.8, 4) is 0 Å². The molecule has 1 rings (SSSR count). The first kappa shape index (κ1) is 14.0. The third kappa shape index (κ3) is 4.10. The molecule has 0 aliphatic heterocycles. The summed E-state index contributed by atoms with van der Waals surface area (Å²) in [6.07, 6.45) is 1.02. The minimum absolute atomic E-state index is 0.00968. The van der Waals surface area contributed by atoms with Gasteiger partial charge in [-0.2, -0.15) is 4.39 Å². The van der Waals surface area contributed by atoms with E-state index in [2.05, 4.69) is 4.98 Å². The Balaban J connectivity index is 2.75. The Morgan fingerprint density at radius 1 is 1.39 bits per heavy atom. The number of hydrogen-bond donors (Lipinski definition) is 3. The van der Waals surface area contributed by atoms with Crippen molar-refractivity contribution in [2.75, 3.05) is 0 Å². The molecule has 0 amide bonds. The number of rotatable bonds is 6. The first-order chi connectivity index (χ1) is 8.40. The van der Waals surface area contributed by atoms with Crippen LogP contribution in [0.4, 0.5) is 4.39 Å². The third-order valence-electron chi connectivity index (χ3n) is 2.48. The lowest BCUT2D eigenvalue weighted by Crippen LogP contribution is -2.35. The van der Waals surface area contributed by atoms with Gasteiger partial charge in [-0.15, -0.1) is 0 Å². The van der Waals surface area contributed by atoms with Crippen LogP contribution in [0, 0.1) is 11.9 Å². The largest absolute Gasteiger partial charge is 0.481 e. The fourth-order valence-electron chi connectivity index (χ4n) is 1.53. The van der Waals surface area contributed by atoms with Gasteiger partial charge >= 0.3 is 11.9 Å². The number of carboxylic acid groups (broad SMARTS) is 2. The van der Waals surface area contributed by atoms with E-state index < -0.39 is 29.8 Å². The molecule has 0 aromatic carbocycles. The van der Waals surface area contributed by atoms with Crippen LogP contribution in [-0.2, 0) is 16.0 Å². The van der Waals surface area contributed by atoms with Crippen LogP contribution in [0.15, 0.2) is 18.3 Å². The van der Waals surface area contributed by atoms with Crippen LogP contribution in [0.5, 0.6) is 0 Å². The highest BCUT2D eigenvalue weighted by Crippen LogP contribution is 2.14. The summed E-state index contributed by atoms with van der Waals surface area (Å²) in [5.41, 5.74) is 5.73. The van der Waals surface area contributed by atoms with Gasteiger partial charge in [0.15, 0.2) is 0 Å². The minimum Gasteiger partial charge on any atom is -0.481 e. The molecule has 18 heavy (non-hydrogen) atoms. The molecule has 0 aliphatic carbocycles. The molecule has 7 heteroatoms. The van der Waals surface area contributed by atoms with Gasteiger partial charge in [0.2, 0.25) is 5.95 Å². The second-order valence-corrected chi connectivity index (χ2v) is 3.91. The van der Waals surface area contributed by atoms with Gasteiger partial charge < -0.3 is 15.9 Å². The summed E-state index contributed by atoms with van der Waals surface area (Å²) in [5.74, 6) is -4.11. The van der Waals surface area contributed by atoms with E-state index in [1.165, 1.54) is 12.3 Å². The predicted molar refractivity (Wildman–Crippen MR) is 59.3 cm³/mol. The minimum atomic E-state index is -1.26. The molecule has 0 bridgehead atoms. The van der Waals surface area contributed by atoms with Crippen LogP contribution in [-0.4, -0.2) is 33.2 Å². The normalized spacial score (nSPS) is 13.9. The smallest absolute Gasteiger partial charge is 0.320 e. The van der Waals surface area contributed by atoms with E-state index in [4.69, 9.17) is 15.9 Å². The molecule has 98 valence electrons. The van der Waals surface area contributed by atoms with Crippen molar-refractivity contribution in [3.63, 3.8) is 0 Å². The molecule has 0 fully saturated rings. The van der Waals surface area contributed by atoms with E-state index >= 15 is 0 Å². The number of hydrogen-bond acceptors (Lipinski definition) is 4. The maximum Gasteiger partial charge on any atom is 0.320 e. The summed E-state index contributed by atoms with van der Waals surface area (Å²) in [6, 6.07) is 1.34. The van der Waals surface area contributed by atoms with Gasteiger partial charge in [-0.1, -0.05) is 0 Å². The SMILES string of the molecule is NC(CC(Cc1ccnc([18F])c1)C(=O)O)C(=O)O. The summed E-state index contributed by atoms with van der Waals surface area (Å²) >= 11 is 0. The highest BCUT2D eigenvalue weighted by molar-refractivity contribution is 5.76. The first-order valence-corrected chi connectivity index (χ1v) is 5.21. The van der Waals surface area contributed by atoms with Crippen LogP contribution < -0.4 is 5.73 Å². The fraction of sp³-hybridized carbons (Fsp3) is 0.364. The Morgan fingerprint density at radius 2 is 2.06 bits per heavy atom. The number of pyridine rings is 1. The number of carboxylic acids is 2. The van der Waals surface area contributed by atoms with Crippen LogP contribution >= 0.6 is 0 Å². The van der Waals surface area contributed by atoms with Crippen molar-refractivity contribution in [3.05, 3.63) is 29.8 Å². The van der Waals surface area contributed by atoms with Gasteiger partial charge in [-0.05, 0) is 30.5 Å². The standard InChI is InChI=1S/C11H13FN2O4/c12-9-4-6(1-2-14-9)3-7(10(15)16)5-8(13)11(17)18/h1-2,4,7-8H,3,5,13H2,(H,15,16)(H,17,18)/i12-1. The molecule has 0 saturated heterocycles. The molecule has 2 atom stereocenters. The molecule has 0 radical (unpaired) electrons. The number of halogens is 1. The molecular weight excluding hydrogens is 242 g/mol. The average molecular weight is 255 g/mol. The van der Waals surface area contributed by atoms with E-state index in [0.717, 1.165) is 6.07 Å². The fourth-order valence-corrected chi connectivity index (χ4v) is 1.53. The molecule has 1 aromatic rings. The molecule has 0 saturated carbocycles. The lowest BCUT2D eigenvalue weighted by molar-refractivity contribution is -0.143. The topological polar surface area (TPSA) is 114 Å². The monoisotopic (exact) mass is 255 g/mol. The Kier molecular flexibility index (Phi) is 4.73. The van der Waals surface area contributed by atoms with E-state index in [1.807, 2.05) is 0 Å². The summed E-state index contributed by atoms with van der Waals surface area (Å²) < 4.78 is 12.8. The zero-order chi connectivity index (χ0) is 13.7. The number of aliphatic carboxylic acids is 2. The lowest BCUT2D eigenvalue weighted by atomic mass is 9.93. The van der Waals surface area contributed by atoms with Gasteiger partial charge in [0.1, 0.15) is 6.04 Å². The number of nitrogens with two attached hydrogens (primary N) is 1. The molecule has 6 nitrogen and oxygen atoms in total. The average Bonchev–Trinajstić information content (AvgIpc) is 2.27. The van der Waals surface area contributed by atoms with Crippen molar-refractivity contribution >= 4 is 11.9 Å². The second kappa shape index (κ2) is 6.06. The highest BCUT2D eigenvalue weighted by Gasteiger charge is 2.24. The Morgan fingerprint density at radius 3 is 2.56 bits per heavy atom. The van der Waals surface area contributed by atoms with Gasteiger partial charge in [0.05, 0.1) is 5.92 Å². The zero-order valence-corrected chi connectivity index (χ0v) is 9.41. The summed E-state index contributed by atoms with van der Waals surface area (Å²) in [5, 5.41) is 17.6. The quantitative estimate of drug-likeness (QED) is 0.628. The van der Waals surface area contributed by atoms with Crippen LogP contribution in [0.2, 0.25) is 0 Å². The van der Waals surface area contributed by atoms with Crippen molar-refractivity contribution in [1.29, 1.82) is 0 Å². The van der Waals surface area contributed by atoms with Gasteiger partial charge in [0.25, 0.3) is 0 Å².